The van der Waals surface area contributed by atoms with Gasteiger partial charge in [-0.3, -0.25) is 0 Å². The lowest BCUT2D eigenvalue weighted by molar-refractivity contribution is 0.0168. The summed E-state index contributed by atoms with van der Waals surface area (Å²) in [7, 11) is 0. The molecule has 0 radical (unpaired) electrons. The Balaban J connectivity index is 0.00000300. The molecule has 29 heavy (non-hydrogen) atoms. The van der Waals surface area contributed by atoms with Crippen molar-refractivity contribution in [2.24, 2.45) is 4.99 Å². The van der Waals surface area contributed by atoms with Gasteiger partial charge in [-0.15, -0.1) is 24.0 Å². The van der Waals surface area contributed by atoms with Gasteiger partial charge in [-0.2, -0.15) is 0 Å². The number of aliphatic imine (C=N–C) groups is 1. The summed E-state index contributed by atoms with van der Waals surface area (Å²) in [6.45, 7) is 4.53. The van der Waals surface area contributed by atoms with Gasteiger partial charge in [0.25, 0.3) is 0 Å². The second-order valence-corrected chi connectivity index (χ2v) is 6.90. The molecule has 2 heterocycles. The number of ether oxygens (including phenoxy) is 2. The predicted octanol–water partition coefficient (Wildman–Crippen LogP) is 3.76. The molecule has 160 valence electrons. The minimum absolute atomic E-state index is 0. The van der Waals surface area contributed by atoms with E-state index in [0.717, 1.165) is 63.7 Å². The van der Waals surface area contributed by atoms with Crippen LogP contribution in [0.15, 0.2) is 58.1 Å². The molecule has 0 saturated carbocycles. The monoisotopic (exact) mass is 513 g/mol. The zero-order valence-corrected chi connectivity index (χ0v) is 19.2. The summed E-state index contributed by atoms with van der Waals surface area (Å²) >= 11 is 0. The minimum Gasteiger partial charge on any atom is -0.469 e. The molecule has 1 aromatic heterocycles. The number of hydrogen-bond acceptors (Lipinski definition) is 4. The van der Waals surface area contributed by atoms with Crippen LogP contribution >= 0.6 is 24.0 Å². The molecule has 3 rings (SSSR count). The van der Waals surface area contributed by atoms with Crippen molar-refractivity contribution in [2.75, 3.05) is 32.9 Å². The van der Waals surface area contributed by atoms with Crippen LogP contribution in [-0.4, -0.2) is 45.0 Å². The van der Waals surface area contributed by atoms with Gasteiger partial charge >= 0.3 is 0 Å². The van der Waals surface area contributed by atoms with E-state index in [1.807, 2.05) is 30.3 Å². The Morgan fingerprint density at radius 3 is 2.72 bits per heavy atom. The van der Waals surface area contributed by atoms with Gasteiger partial charge in [0.2, 0.25) is 0 Å². The van der Waals surface area contributed by atoms with Crippen LogP contribution in [0.2, 0.25) is 0 Å². The molecule has 0 amide bonds. The van der Waals surface area contributed by atoms with Crippen LogP contribution in [0, 0.1) is 0 Å². The van der Waals surface area contributed by atoms with Gasteiger partial charge < -0.3 is 24.5 Å². The fraction of sp³-hybridized carbons (Fsp3) is 0.500. The van der Waals surface area contributed by atoms with Crippen LogP contribution in [0.25, 0.3) is 0 Å². The number of rotatable bonds is 11. The molecule has 0 spiro atoms. The zero-order chi connectivity index (χ0) is 19.3. The summed E-state index contributed by atoms with van der Waals surface area (Å²) in [5, 5.41) is 6.78. The van der Waals surface area contributed by atoms with Gasteiger partial charge in [-0.05, 0) is 37.0 Å². The third-order valence-electron chi connectivity index (χ3n) is 4.59. The lowest BCUT2D eigenvalue weighted by Crippen LogP contribution is -2.39. The molecule has 1 saturated heterocycles. The van der Waals surface area contributed by atoms with Crippen LogP contribution in [0.1, 0.15) is 30.6 Å². The van der Waals surface area contributed by atoms with Crippen molar-refractivity contribution in [3.05, 3.63) is 60.1 Å². The first-order chi connectivity index (χ1) is 13.9. The average Bonchev–Trinajstić information content (AvgIpc) is 3.43. The molecule has 2 aromatic rings. The van der Waals surface area contributed by atoms with E-state index >= 15 is 0 Å². The molecule has 1 aliphatic heterocycles. The highest BCUT2D eigenvalue weighted by molar-refractivity contribution is 14.0. The van der Waals surface area contributed by atoms with Crippen molar-refractivity contribution in [3.8, 4) is 0 Å². The minimum atomic E-state index is 0. The van der Waals surface area contributed by atoms with E-state index in [-0.39, 0.29) is 24.0 Å². The number of halogens is 1. The Labute approximate surface area is 190 Å². The molecule has 7 heteroatoms. The lowest BCUT2D eigenvalue weighted by Gasteiger charge is -2.13. The highest BCUT2D eigenvalue weighted by Gasteiger charge is 2.14. The van der Waals surface area contributed by atoms with Crippen molar-refractivity contribution >= 4 is 29.9 Å². The van der Waals surface area contributed by atoms with E-state index in [1.54, 1.807) is 6.26 Å². The zero-order valence-electron chi connectivity index (χ0n) is 16.8. The fourth-order valence-electron chi connectivity index (χ4n) is 3.06. The summed E-state index contributed by atoms with van der Waals surface area (Å²) in [5.41, 5.74) is 1.19. The molecule has 2 N–H and O–H groups in total. The maximum Gasteiger partial charge on any atom is 0.191 e. The first-order valence-electron chi connectivity index (χ1n) is 10.2. The van der Waals surface area contributed by atoms with Gasteiger partial charge in [0.05, 0.1) is 25.5 Å². The van der Waals surface area contributed by atoms with E-state index in [2.05, 4.69) is 22.8 Å². The lowest BCUT2D eigenvalue weighted by atomic mass is 10.2. The highest BCUT2D eigenvalue weighted by Crippen LogP contribution is 2.11. The third kappa shape index (κ3) is 9.64. The SMILES string of the molecule is I.c1ccc(CN=C(NCCCOCC2CCCO2)NCCc2ccco2)cc1. The van der Waals surface area contributed by atoms with Crippen molar-refractivity contribution in [1.29, 1.82) is 0 Å². The van der Waals surface area contributed by atoms with Crippen molar-refractivity contribution in [3.63, 3.8) is 0 Å². The molecular formula is C22H32IN3O3. The second-order valence-electron chi connectivity index (χ2n) is 6.90. The van der Waals surface area contributed by atoms with Crippen LogP contribution in [0.4, 0.5) is 0 Å². The molecule has 1 aromatic carbocycles. The molecular weight excluding hydrogens is 481 g/mol. The number of nitrogens with zero attached hydrogens (tertiary/aromatic N) is 1. The largest absolute Gasteiger partial charge is 0.469 e. The molecule has 0 bridgehead atoms. The predicted molar refractivity (Wildman–Crippen MR) is 126 cm³/mol. The van der Waals surface area contributed by atoms with Gasteiger partial charge in [-0.25, -0.2) is 4.99 Å². The normalized spacial score (nSPS) is 16.4. The second kappa shape index (κ2) is 14.4. The Morgan fingerprint density at radius 2 is 1.97 bits per heavy atom. The van der Waals surface area contributed by atoms with Crippen molar-refractivity contribution in [1.82, 2.24) is 10.6 Å². The molecule has 1 unspecified atom stereocenters. The highest BCUT2D eigenvalue weighted by atomic mass is 127. The van der Waals surface area contributed by atoms with Gasteiger partial charge in [0, 0.05) is 32.7 Å². The van der Waals surface area contributed by atoms with Gasteiger partial charge in [0.1, 0.15) is 5.76 Å². The summed E-state index contributed by atoms with van der Waals surface area (Å²) < 4.78 is 16.7. The van der Waals surface area contributed by atoms with Gasteiger partial charge in [-0.1, -0.05) is 30.3 Å². The topological polar surface area (TPSA) is 68.0 Å². The van der Waals surface area contributed by atoms with Crippen molar-refractivity contribution < 1.29 is 13.9 Å². The summed E-state index contributed by atoms with van der Waals surface area (Å²) in [6, 6.07) is 14.2. The van der Waals surface area contributed by atoms with Crippen LogP contribution in [0.3, 0.4) is 0 Å². The number of benzene rings is 1. The van der Waals surface area contributed by atoms with E-state index in [0.29, 0.717) is 19.3 Å². The Morgan fingerprint density at radius 1 is 1.10 bits per heavy atom. The Hall–Kier alpha value is -1.58. The quantitative estimate of drug-likeness (QED) is 0.207. The molecule has 1 aliphatic rings. The van der Waals surface area contributed by atoms with Crippen LogP contribution < -0.4 is 10.6 Å². The first-order valence-corrected chi connectivity index (χ1v) is 10.2. The molecule has 1 atom stereocenters. The maximum absolute atomic E-state index is 5.72. The van der Waals surface area contributed by atoms with Gasteiger partial charge in [0.15, 0.2) is 5.96 Å². The van der Waals surface area contributed by atoms with Crippen LogP contribution in [0.5, 0.6) is 0 Å². The number of nitrogens with one attached hydrogen (secondary N) is 2. The van der Waals surface area contributed by atoms with E-state index in [4.69, 9.17) is 18.9 Å². The van der Waals surface area contributed by atoms with E-state index in [9.17, 15) is 0 Å². The average molecular weight is 513 g/mol. The third-order valence-corrected chi connectivity index (χ3v) is 4.59. The number of furan rings is 1. The molecule has 0 aliphatic carbocycles. The molecule has 6 nitrogen and oxygen atoms in total. The fourth-order valence-corrected chi connectivity index (χ4v) is 3.06. The summed E-state index contributed by atoms with van der Waals surface area (Å²) in [4.78, 5) is 4.70. The Bertz CT molecular complexity index is 674. The van der Waals surface area contributed by atoms with E-state index < -0.39 is 0 Å². The molecule has 1 fully saturated rings. The Kier molecular flexibility index (Phi) is 11.8. The number of hydrogen-bond donors (Lipinski definition) is 2. The van der Waals surface area contributed by atoms with E-state index in [1.165, 1.54) is 5.56 Å². The van der Waals surface area contributed by atoms with Crippen LogP contribution in [-0.2, 0) is 22.4 Å². The summed E-state index contributed by atoms with van der Waals surface area (Å²) in [5.74, 6) is 1.78. The first kappa shape index (κ1) is 23.7. The summed E-state index contributed by atoms with van der Waals surface area (Å²) in [6.07, 6.45) is 6.02. The van der Waals surface area contributed by atoms with Crippen molar-refractivity contribution in [2.45, 2.75) is 38.3 Å². The number of guanidine groups is 1. The standard InChI is InChI=1S/C22H31N3O3.HI/c1-2-7-19(8-3-1)17-25-22(24-13-11-20-9-4-15-27-20)23-12-6-14-26-18-21-10-5-16-28-21;/h1-4,7-9,15,21H,5-6,10-14,16-18H2,(H2,23,24,25);1H. The maximum atomic E-state index is 5.72. The smallest absolute Gasteiger partial charge is 0.191 e.